The SMILES string of the molecule is CC1=NCC(C)=C1CCC(=O)N/N=C/c1ccccc1OCC(=O)O. The second kappa shape index (κ2) is 8.77. The summed E-state index contributed by atoms with van der Waals surface area (Å²) in [7, 11) is 0. The van der Waals surface area contributed by atoms with Gasteiger partial charge in [0.2, 0.25) is 5.91 Å². The number of carboxylic acids is 1. The van der Waals surface area contributed by atoms with Crippen LogP contribution < -0.4 is 10.2 Å². The Bertz CT molecular complexity index is 750. The number of aliphatic carboxylic acids is 1. The van der Waals surface area contributed by atoms with E-state index >= 15 is 0 Å². The van der Waals surface area contributed by atoms with E-state index in [9.17, 15) is 9.59 Å². The molecule has 0 fully saturated rings. The van der Waals surface area contributed by atoms with Gasteiger partial charge in [0.25, 0.3) is 0 Å². The minimum atomic E-state index is -1.06. The summed E-state index contributed by atoms with van der Waals surface area (Å²) < 4.78 is 5.17. The first-order valence-corrected chi connectivity index (χ1v) is 7.93. The van der Waals surface area contributed by atoms with Crippen LogP contribution >= 0.6 is 0 Å². The number of hydrogen-bond acceptors (Lipinski definition) is 5. The van der Waals surface area contributed by atoms with E-state index in [0.29, 0.717) is 30.7 Å². The molecule has 0 radical (unpaired) electrons. The first-order valence-electron chi connectivity index (χ1n) is 7.93. The third-order valence-electron chi connectivity index (χ3n) is 3.77. The van der Waals surface area contributed by atoms with Crippen LogP contribution in [0.25, 0.3) is 0 Å². The van der Waals surface area contributed by atoms with Crippen LogP contribution in [0.3, 0.4) is 0 Å². The number of nitrogens with zero attached hydrogens (tertiary/aromatic N) is 2. The molecule has 25 heavy (non-hydrogen) atoms. The van der Waals surface area contributed by atoms with Crippen molar-refractivity contribution in [3.63, 3.8) is 0 Å². The van der Waals surface area contributed by atoms with E-state index in [1.165, 1.54) is 11.8 Å². The Morgan fingerprint density at radius 2 is 2.12 bits per heavy atom. The zero-order chi connectivity index (χ0) is 18.2. The number of hydrazone groups is 1. The smallest absolute Gasteiger partial charge is 0.341 e. The Morgan fingerprint density at radius 1 is 1.36 bits per heavy atom. The quantitative estimate of drug-likeness (QED) is 0.558. The summed E-state index contributed by atoms with van der Waals surface area (Å²) in [5, 5.41) is 12.6. The second-order valence-corrected chi connectivity index (χ2v) is 5.67. The highest BCUT2D eigenvalue weighted by Gasteiger charge is 2.13. The molecular weight excluding hydrogens is 322 g/mol. The van der Waals surface area contributed by atoms with Gasteiger partial charge in [0.15, 0.2) is 6.61 Å². The Balaban J connectivity index is 1.86. The Hall–Kier alpha value is -2.96. The van der Waals surface area contributed by atoms with Crippen molar-refractivity contribution in [3.8, 4) is 5.75 Å². The van der Waals surface area contributed by atoms with Gasteiger partial charge in [-0.3, -0.25) is 9.79 Å². The van der Waals surface area contributed by atoms with Gasteiger partial charge < -0.3 is 9.84 Å². The fourth-order valence-electron chi connectivity index (χ4n) is 2.46. The number of rotatable bonds is 8. The van der Waals surface area contributed by atoms with Crippen molar-refractivity contribution in [2.24, 2.45) is 10.1 Å². The minimum Gasteiger partial charge on any atom is -0.481 e. The van der Waals surface area contributed by atoms with Crippen LogP contribution in [0.15, 0.2) is 45.5 Å². The van der Waals surface area contributed by atoms with Gasteiger partial charge in [-0.05, 0) is 43.5 Å². The fraction of sp³-hybridized carbons (Fsp3) is 0.333. The molecule has 7 nitrogen and oxygen atoms in total. The maximum absolute atomic E-state index is 11.9. The summed E-state index contributed by atoms with van der Waals surface area (Å²) in [6, 6.07) is 6.87. The molecule has 132 valence electrons. The van der Waals surface area contributed by atoms with Gasteiger partial charge in [-0.1, -0.05) is 12.1 Å². The third kappa shape index (κ3) is 5.56. The Labute approximate surface area is 146 Å². The summed E-state index contributed by atoms with van der Waals surface area (Å²) in [6.45, 7) is 4.26. The summed E-state index contributed by atoms with van der Waals surface area (Å²) in [6.07, 6.45) is 2.40. The molecule has 0 saturated carbocycles. The van der Waals surface area contributed by atoms with Gasteiger partial charge in [0, 0.05) is 17.7 Å². The molecule has 0 saturated heterocycles. The van der Waals surface area contributed by atoms with Crippen molar-refractivity contribution in [3.05, 3.63) is 41.0 Å². The summed E-state index contributed by atoms with van der Waals surface area (Å²) in [4.78, 5) is 26.8. The van der Waals surface area contributed by atoms with Crippen LogP contribution in [0.1, 0.15) is 32.3 Å². The molecule has 7 heteroatoms. The Morgan fingerprint density at radius 3 is 2.80 bits per heavy atom. The zero-order valence-corrected chi connectivity index (χ0v) is 14.3. The number of nitrogens with one attached hydrogen (secondary N) is 1. The molecule has 1 amide bonds. The van der Waals surface area contributed by atoms with Crippen molar-refractivity contribution in [2.75, 3.05) is 13.2 Å². The lowest BCUT2D eigenvalue weighted by atomic mass is 10.0. The minimum absolute atomic E-state index is 0.194. The molecule has 0 aliphatic carbocycles. The van der Waals surface area contributed by atoms with Crippen LogP contribution in [-0.2, 0) is 9.59 Å². The van der Waals surface area contributed by atoms with Crippen molar-refractivity contribution < 1.29 is 19.4 Å². The molecule has 1 aliphatic rings. The van der Waals surface area contributed by atoms with E-state index in [1.807, 2.05) is 13.8 Å². The Kier molecular flexibility index (Phi) is 6.45. The number of para-hydroxylation sites is 1. The van der Waals surface area contributed by atoms with E-state index in [4.69, 9.17) is 9.84 Å². The van der Waals surface area contributed by atoms with E-state index in [1.54, 1.807) is 24.3 Å². The highest BCUT2D eigenvalue weighted by Crippen LogP contribution is 2.19. The van der Waals surface area contributed by atoms with Crippen LogP contribution in [-0.4, -0.2) is 42.1 Å². The average Bonchev–Trinajstić information content (AvgIpc) is 2.90. The number of carbonyl (C=O) groups excluding carboxylic acids is 1. The number of amides is 1. The predicted octanol–water partition coefficient (Wildman–Crippen LogP) is 2.17. The summed E-state index contributed by atoms with van der Waals surface area (Å²) in [5.41, 5.74) is 6.41. The number of benzene rings is 1. The number of allylic oxidation sites excluding steroid dienone is 1. The molecule has 1 aliphatic heterocycles. The largest absolute Gasteiger partial charge is 0.481 e. The topological polar surface area (TPSA) is 100 Å². The normalized spacial score (nSPS) is 13.9. The van der Waals surface area contributed by atoms with Gasteiger partial charge in [-0.15, -0.1) is 0 Å². The van der Waals surface area contributed by atoms with Crippen molar-refractivity contribution >= 4 is 23.8 Å². The first kappa shape index (κ1) is 18.4. The van der Waals surface area contributed by atoms with Gasteiger partial charge in [0.1, 0.15) is 5.75 Å². The van der Waals surface area contributed by atoms with Gasteiger partial charge >= 0.3 is 5.97 Å². The highest BCUT2D eigenvalue weighted by molar-refractivity contribution is 6.01. The molecule has 1 aromatic rings. The highest BCUT2D eigenvalue weighted by atomic mass is 16.5. The first-order chi connectivity index (χ1) is 12.0. The van der Waals surface area contributed by atoms with Crippen molar-refractivity contribution in [1.29, 1.82) is 0 Å². The van der Waals surface area contributed by atoms with E-state index in [2.05, 4.69) is 15.5 Å². The van der Waals surface area contributed by atoms with Crippen LogP contribution in [0.5, 0.6) is 5.75 Å². The van der Waals surface area contributed by atoms with Crippen LogP contribution in [0, 0.1) is 0 Å². The molecule has 1 aromatic carbocycles. The molecule has 0 unspecified atom stereocenters. The van der Waals surface area contributed by atoms with Gasteiger partial charge in [-0.2, -0.15) is 5.10 Å². The number of hydrogen-bond donors (Lipinski definition) is 2. The lowest BCUT2D eigenvalue weighted by Crippen LogP contribution is -2.18. The lowest BCUT2D eigenvalue weighted by molar-refractivity contribution is -0.139. The molecule has 0 atom stereocenters. The molecule has 2 rings (SSSR count). The molecular formula is C18H21N3O4. The number of ether oxygens (including phenoxy) is 1. The van der Waals surface area contributed by atoms with Gasteiger partial charge in [0.05, 0.1) is 12.8 Å². The summed E-state index contributed by atoms with van der Waals surface area (Å²) in [5.74, 6) is -0.864. The molecule has 0 bridgehead atoms. The zero-order valence-electron chi connectivity index (χ0n) is 14.3. The average molecular weight is 343 g/mol. The van der Waals surface area contributed by atoms with Crippen molar-refractivity contribution in [1.82, 2.24) is 5.43 Å². The van der Waals surface area contributed by atoms with Crippen LogP contribution in [0.4, 0.5) is 0 Å². The third-order valence-corrected chi connectivity index (χ3v) is 3.77. The van der Waals surface area contributed by atoms with Crippen LogP contribution in [0.2, 0.25) is 0 Å². The monoisotopic (exact) mass is 343 g/mol. The van der Waals surface area contributed by atoms with E-state index in [0.717, 1.165) is 11.3 Å². The molecule has 1 heterocycles. The number of carboxylic acid groups (broad SMARTS) is 1. The maximum Gasteiger partial charge on any atom is 0.341 e. The fourth-order valence-corrected chi connectivity index (χ4v) is 2.46. The molecule has 2 N–H and O–H groups in total. The van der Waals surface area contributed by atoms with E-state index in [-0.39, 0.29) is 5.91 Å². The van der Waals surface area contributed by atoms with Crippen molar-refractivity contribution in [2.45, 2.75) is 26.7 Å². The second-order valence-electron chi connectivity index (χ2n) is 5.67. The molecule has 0 aromatic heterocycles. The lowest BCUT2D eigenvalue weighted by Gasteiger charge is -2.06. The molecule has 0 spiro atoms. The number of carbonyl (C=O) groups is 2. The van der Waals surface area contributed by atoms with E-state index < -0.39 is 12.6 Å². The standard InChI is InChI=1S/C18H21N3O4/c1-12-9-19-13(2)15(12)7-8-17(22)21-20-10-14-5-3-4-6-16(14)25-11-18(23)24/h3-6,10H,7-9,11H2,1-2H3,(H,21,22)(H,23,24)/b20-10+. The summed E-state index contributed by atoms with van der Waals surface area (Å²) >= 11 is 0. The predicted molar refractivity (Wildman–Crippen MR) is 95.2 cm³/mol. The maximum atomic E-state index is 11.9. The number of aliphatic imine (C=N–C) groups is 1. The van der Waals surface area contributed by atoms with Gasteiger partial charge in [-0.25, -0.2) is 10.2 Å².